The molecular formula is C16H29N5. The van der Waals surface area contributed by atoms with Crippen LogP contribution in [0.1, 0.15) is 39.7 Å². The molecule has 21 heavy (non-hydrogen) atoms. The van der Waals surface area contributed by atoms with Crippen molar-refractivity contribution in [2.24, 2.45) is 10.4 Å². The summed E-state index contributed by atoms with van der Waals surface area (Å²) >= 11 is 0. The van der Waals surface area contributed by atoms with Gasteiger partial charge in [0.1, 0.15) is 0 Å². The number of nitrogens with one attached hydrogen (secondary N) is 1. The van der Waals surface area contributed by atoms with E-state index in [0.29, 0.717) is 5.41 Å². The lowest BCUT2D eigenvalue weighted by Gasteiger charge is -2.62. The van der Waals surface area contributed by atoms with Gasteiger partial charge in [-0.3, -0.25) is 9.67 Å². The van der Waals surface area contributed by atoms with Gasteiger partial charge in [0.15, 0.2) is 5.96 Å². The van der Waals surface area contributed by atoms with Gasteiger partial charge in [-0.25, -0.2) is 0 Å². The Kier molecular flexibility index (Phi) is 4.30. The first-order valence-electron chi connectivity index (χ1n) is 7.75. The number of hydrogen-bond acceptors (Lipinski definition) is 2. The molecule has 1 fully saturated rings. The van der Waals surface area contributed by atoms with Crippen molar-refractivity contribution in [1.82, 2.24) is 20.0 Å². The second kappa shape index (κ2) is 5.70. The van der Waals surface area contributed by atoms with Crippen molar-refractivity contribution in [3.63, 3.8) is 0 Å². The summed E-state index contributed by atoms with van der Waals surface area (Å²) in [4.78, 5) is 6.80. The van der Waals surface area contributed by atoms with E-state index in [0.717, 1.165) is 32.0 Å². The monoisotopic (exact) mass is 291 g/mol. The Bertz CT molecular complexity index is 512. The summed E-state index contributed by atoms with van der Waals surface area (Å²) in [5, 5.41) is 7.78. The molecule has 1 aromatic rings. The second-order valence-electron chi connectivity index (χ2n) is 7.14. The van der Waals surface area contributed by atoms with Crippen molar-refractivity contribution in [2.75, 3.05) is 20.1 Å². The normalized spacial score (nSPS) is 20.3. The van der Waals surface area contributed by atoms with Gasteiger partial charge in [-0.1, -0.05) is 13.8 Å². The van der Waals surface area contributed by atoms with Crippen molar-refractivity contribution in [3.8, 4) is 0 Å². The van der Waals surface area contributed by atoms with Gasteiger partial charge >= 0.3 is 0 Å². The molecule has 0 unspecified atom stereocenters. The summed E-state index contributed by atoms with van der Waals surface area (Å²) in [5.74, 6) is 1.01. The number of aliphatic imine (C=N–C) groups is 1. The molecule has 0 spiro atoms. The second-order valence-corrected chi connectivity index (χ2v) is 7.14. The van der Waals surface area contributed by atoms with E-state index in [-0.39, 0.29) is 5.54 Å². The van der Waals surface area contributed by atoms with Gasteiger partial charge in [0, 0.05) is 43.8 Å². The molecule has 5 heteroatoms. The first-order valence-corrected chi connectivity index (χ1v) is 7.75. The van der Waals surface area contributed by atoms with Crippen LogP contribution in [0, 0.1) is 12.3 Å². The van der Waals surface area contributed by atoms with Crippen LogP contribution in [0.4, 0.5) is 0 Å². The molecule has 118 valence electrons. The average Bonchev–Trinajstić information content (AvgIpc) is 2.83. The van der Waals surface area contributed by atoms with Gasteiger partial charge < -0.3 is 10.2 Å². The van der Waals surface area contributed by atoms with Crippen LogP contribution in [-0.4, -0.2) is 46.3 Å². The van der Waals surface area contributed by atoms with Crippen LogP contribution in [0.5, 0.6) is 0 Å². The average molecular weight is 291 g/mol. The maximum absolute atomic E-state index is 4.43. The number of hydrogen-bond donors (Lipinski definition) is 1. The summed E-state index contributed by atoms with van der Waals surface area (Å²) in [6.45, 7) is 14.2. The highest BCUT2D eigenvalue weighted by molar-refractivity contribution is 5.81. The summed E-state index contributed by atoms with van der Waals surface area (Å²) in [6, 6.07) is 0. The molecule has 0 bridgehead atoms. The zero-order chi connectivity index (χ0) is 15.7. The fourth-order valence-electron chi connectivity index (χ4n) is 2.73. The lowest BCUT2D eigenvalue weighted by molar-refractivity contribution is -0.0667. The van der Waals surface area contributed by atoms with Crippen LogP contribution >= 0.6 is 0 Å². The first-order chi connectivity index (χ1) is 9.78. The van der Waals surface area contributed by atoms with E-state index < -0.39 is 0 Å². The van der Waals surface area contributed by atoms with Gasteiger partial charge in [0.25, 0.3) is 0 Å². The minimum Gasteiger partial charge on any atom is -0.356 e. The van der Waals surface area contributed by atoms with Crippen molar-refractivity contribution in [1.29, 1.82) is 0 Å². The molecule has 0 aliphatic carbocycles. The Balaban J connectivity index is 1.79. The molecule has 0 radical (unpaired) electrons. The van der Waals surface area contributed by atoms with Gasteiger partial charge in [-0.2, -0.15) is 5.10 Å². The fraction of sp³-hybridized carbons (Fsp3) is 0.750. The fourth-order valence-corrected chi connectivity index (χ4v) is 2.73. The van der Waals surface area contributed by atoms with Gasteiger partial charge in [-0.15, -0.1) is 0 Å². The molecule has 1 aliphatic rings. The van der Waals surface area contributed by atoms with E-state index in [4.69, 9.17) is 0 Å². The van der Waals surface area contributed by atoms with Gasteiger partial charge in [-0.05, 0) is 32.8 Å². The van der Waals surface area contributed by atoms with E-state index >= 15 is 0 Å². The molecule has 1 aliphatic heterocycles. The van der Waals surface area contributed by atoms with E-state index in [1.807, 2.05) is 17.9 Å². The van der Waals surface area contributed by atoms with Gasteiger partial charge in [0.2, 0.25) is 0 Å². The summed E-state index contributed by atoms with van der Waals surface area (Å²) in [7, 11) is 1.86. The van der Waals surface area contributed by atoms with Crippen LogP contribution in [-0.2, 0) is 6.54 Å². The number of aryl methyl sites for hydroxylation is 2. The van der Waals surface area contributed by atoms with Crippen LogP contribution in [0.15, 0.2) is 17.4 Å². The van der Waals surface area contributed by atoms with Crippen molar-refractivity contribution < 1.29 is 0 Å². The summed E-state index contributed by atoms with van der Waals surface area (Å²) < 4.78 is 2.00. The third kappa shape index (κ3) is 3.06. The molecule has 0 atom stereocenters. The van der Waals surface area contributed by atoms with Crippen molar-refractivity contribution in [2.45, 2.75) is 53.1 Å². The van der Waals surface area contributed by atoms with Crippen molar-refractivity contribution in [3.05, 3.63) is 18.0 Å². The predicted molar refractivity (Wildman–Crippen MR) is 87.5 cm³/mol. The minimum atomic E-state index is 0.147. The SMILES string of the molecule is CN=C(NCCCn1cc(C)cn1)N1CC(C)(C)C1(C)C. The van der Waals surface area contributed by atoms with E-state index in [1.54, 1.807) is 0 Å². The molecule has 1 saturated heterocycles. The Labute approximate surface area is 128 Å². The molecule has 1 N–H and O–H groups in total. The van der Waals surface area contributed by atoms with Crippen molar-refractivity contribution >= 4 is 5.96 Å². The number of likely N-dealkylation sites (tertiary alicyclic amines) is 1. The van der Waals surface area contributed by atoms with E-state index in [2.05, 4.69) is 61.1 Å². The van der Waals surface area contributed by atoms with E-state index in [1.165, 1.54) is 5.56 Å². The Morgan fingerprint density at radius 3 is 2.57 bits per heavy atom. The van der Waals surface area contributed by atoms with Crippen LogP contribution in [0.3, 0.4) is 0 Å². The molecule has 2 heterocycles. The molecule has 0 amide bonds. The molecule has 0 aromatic carbocycles. The Hall–Kier alpha value is -1.52. The minimum absolute atomic E-state index is 0.147. The van der Waals surface area contributed by atoms with Crippen LogP contribution in [0.25, 0.3) is 0 Å². The third-order valence-electron chi connectivity index (χ3n) is 4.96. The first kappa shape index (κ1) is 15.9. The zero-order valence-electron chi connectivity index (χ0n) is 14.3. The lowest BCUT2D eigenvalue weighted by Crippen LogP contribution is -2.72. The molecule has 0 saturated carbocycles. The topological polar surface area (TPSA) is 45.5 Å². The van der Waals surface area contributed by atoms with E-state index in [9.17, 15) is 0 Å². The summed E-state index contributed by atoms with van der Waals surface area (Å²) in [6.07, 6.45) is 5.02. The maximum atomic E-state index is 4.43. The number of aromatic nitrogens is 2. The number of rotatable bonds is 4. The number of guanidine groups is 1. The van der Waals surface area contributed by atoms with Gasteiger partial charge in [0.05, 0.1) is 6.20 Å². The quantitative estimate of drug-likeness (QED) is 0.526. The highest BCUT2D eigenvalue weighted by Gasteiger charge is 2.53. The molecule has 1 aromatic heterocycles. The summed E-state index contributed by atoms with van der Waals surface area (Å²) in [5.41, 5.74) is 1.69. The predicted octanol–water partition coefficient (Wildman–Crippen LogP) is 2.28. The lowest BCUT2D eigenvalue weighted by atomic mass is 9.65. The molecular weight excluding hydrogens is 262 g/mol. The standard InChI is InChI=1S/C16H29N5/c1-13-10-19-20(11-13)9-7-8-18-14(17-6)21-12-15(2,3)16(21,4)5/h10-11H,7-9,12H2,1-6H3,(H,17,18). The Morgan fingerprint density at radius 1 is 1.38 bits per heavy atom. The molecule has 5 nitrogen and oxygen atoms in total. The highest BCUT2D eigenvalue weighted by Crippen LogP contribution is 2.46. The molecule has 2 rings (SSSR count). The Morgan fingerprint density at radius 2 is 2.10 bits per heavy atom. The maximum Gasteiger partial charge on any atom is 0.194 e. The highest BCUT2D eigenvalue weighted by atomic mass is 15.4. The van der Waals surface area contributed by atoms with Crippen LogP contribution in [0.2, 0.25) is 0 Å². The largest absolute Gasteiger partial charge is 0.356 e. The van der Waals surface area contributed by atoms with Crippen LogP contribution < -0.4 is 5.32 Å². The smallest absolute Gasteiger partial charge is 0.194 e. The number of nitrogens with zero attached hydrogens (tertiary/aromatic N) is 4. The third-order valence-corrected chi connectivity index (χ3v) is 4.96. The zero-order valence-corrected chi connectivity index (χ0v) is 14.3.